The van der Waals surface area contributed by atoms with Gasteiger partial charge in [0, 0.05) is 35.9 Å². The van der Waals surface area contributed by atoms with Crippen LogP contribution >= 0.6 is 7.37 Å². The van der Waals surface area contributed by atoms with E-state index in [0.29, 0.717) is 28.1 Å². The van der Waals surface area contributed by atoms with Gasteiger partial charge in [-0.15, -0.1) is 0 Å². The quantitative estimate of drug-likeness (QED) is 0.316. The summed E-state index contributed by atoms with van der Waals surface area (Å²) in [4.78, 5) is 14.9. The second-order valence-corrected chi connectivity index (χ2v) is 9.76. The van der Waals surface area contributed by atoms with Crippen LogP contribution in [-0.4, -0.2) is 23.2 Å². The minimum atomic E-state index is -3.05. The van der Waals surface area contributed by atoms with Crippen molar-refractivity contribution in [3.05, 3.63) is 102 Å². The number of hydrogen-bond donors (Lipinski definition) is 2. The molecule has 0 spiro atoms. The Kier molecular flexibility index (Phi) is 6.21. The normalized spacial score (nSPS) is 12.8. The standard InChI is InChI=1S/C24H23N4O3P/c1-31-32(30,22-5-3-2-4-6-22)17-18-7-9-19(10-8-18)24(29)28(23-15-16-26-27-23)21-13-11-20(25)12-14-21/h2-16H,17,25H2,1H3,(H,26,27). The first-order valence-corrected chi connectivity index (χ1v) is 11.8. The molecule has 0 saturated carbocycles. The Labute approximate surface area is 186 Å². The molecule has 1 heterocycles. The van der Waals surface area contributed by atoms with Crippen LogP contribution in [0.4, 0.5) is 17.2 Å². The summed E-state index contributed by atoms with van der Waals surface area (Å²) in [6, 6.07) is 24.9. The van der Waals surface area contributed by atoms with Gasteiger partial charge in [-0.25, -0.2) is 0 Å². The number of carbonyl (C=O) groups excluding carboxylic acids is 1. The third kappa shape index (κ3) is 4.49. The molecule has 3 aromatic carbocycles. The third-order valence-corrected chi connectivity index (χ3v) is 7.56. The monoisotopic (exact) mass is 446 g/mol. The topological polar surface area (TPSA) is 101 Å². The number of nitrogens with zero attached hydrogens (tertiary/aromatic N) is 2. The smallest absolute Gasteiger partial charge is 0.264 e. The predicted molar refractivity (Wildman–Crippen MR) is 127 cm³/mol. The molecule has 0 radical (unpaired) electrons. The molecule has 0 fully saturated rings. The summed E-state index contributed by atoms with van der Waals surface area (Å²) in [5, 5.41) is 7.57. The van der Waals surface area contributed by atoms with Gasteiger partial charge in [-0.1, -0.05) is 30.3 Å². The zero-order valence-electron chi connectivity index (χ0n) is 17.5. The molecule has 4 rings (SSSR count). The Balaban J connectivity index is 1.60. The maximum absolute atomic E-state index is 13.4. The van der Waals surface area contributed by atoms with E-state index in [1.807, 2.05) is 18.2 Å². The Morgan fingerprint density at radius 2 is 1.69 bits per heavy atom. The van der Waals surface area contributed by atoms with E-state index in [4.69, 9.17) is 10.3 Å². The first-order chi connectivity index (χ1) is 15.5. The van der Waals surface area contributed by atoms with E-state index in [9.17, 15) is 9.36 Å². The van der Waals surface area contributed by atoms with Crippen LogP contribution in [0.15, 0.2) is 91.1 Å². The van der Waals surface area contributed by atoms with Crippen molar-refractivity contribution in [3.8, 4) is 0 Å². The van der Waals surface area contributed by atoms with Crippen molar-refractivity contribution >= 4 is 35.8 Å². The zero-order valence-corrected chi connectivity index (χ0v) is 18.4. The van der Waals surface area contributed by atoms with E-state index < -0.39 is 7.37 Å². The van der Waals surface area contributed by atoms with Gasteiger partial charge in [-0.2, -0.15) is 5.10 Å². The minimum absolute atomic E-state index is 0.239. The lowest BCUT2D eigenvalue weighted by molar-refractivity contribution is 0.0998. The average Bonchev–Trinajstić information content (AvgIpc) is 3.36. The summed E-state index contributed by atoms with van der Waals surface area (Å²) in [6.45, 7) is 0. The molecule has 1 unspecified atom stereocenters. The first kappa shape index (κ1) is 21.6. The number of H-pyrrole nitrogens is 1. The van der Waals surface area contributed by atoms with E-state index in [1.54, 1.807) is 72.9 Å². The summed E-state index contributed by atoms with van der Waals surface area (Å²) >= 11 is 0. The first-order valence-electron chi connectivity index (χ1n) is 9.99. The van der Waals surface area contributed by atoms with E-state index >= 15 is 0 Å². The van der Waals surface area contributed by atoms with Gasteiger partial charge in [-0.3, -0.25) is 19.4 Å². The molecule has 4 aromatic rings. The number of nitrogens with one attached hydrogen (secondary N) is 1. The van der Waals surface area contributed by atoms with Gasteiger partial charge in [0.25, 0.3) is 5.91 Å². The van der Waals surface area contributed by atoms with E-state index in [0.717, 1.165) is 5.56 Å². The van der Waals surface area contributed by atoms with E-state index in [-0.39, 0.29) is 12.1 Å². The number of rotatable bonds is 7. The Morgan fingerprint density at radius 1 is 1.00 bits per heavy atom. The van der Waals surface area contributed by atoms with Gasteiger partial charge < -0.3 is 10.3 Å². The van der Waals surface area contributed by atoms with Crippen molar-refractivity contribution < 1.29 is 13.9 Å². The summed E-state index contributed by atoms with van der Waals surface area (Å²) in [5.74, 6) is 0.225. The highest BCUT2D eigenvalue weighted by molar-refractivity contribution is 7.66. The number of amides is 1. The number of nitrogens with two attached hydrogens (primary N) is 1. The third-order valence-electron chi connectivity index (χ3n) is 5.11. The molecule has 8 heteroatoms. The Morgan fingerprint density at radius 3 is 2.28 bits per heavy atom. The van der Waals surface area contributed by atoms with Crippen molar-refractivity contribution in [1.82, 2.24) is 10.2 Å². The fourth-order valence-corrected chi connectivity index (χ4v) is 5.23. The number of benzene rings is 3. The molecule has 1 atom stereocenters. The number of aromatic amines is 1. The molecule has 1 aromatic heterocycles. The zero-order chi connectivity index (χ0) is 22.6. The molecule has 1 amide bonds. The second kappa shape index (κ2) is 9.22. The molecular weight excluding hydrogens is 423 g/mol. The van der Waals surface area contributed by atoms with Crippen LogP contribution < -0.4 is 15.9 Å². The van der Waals surface area contributed by atoms with E-state index in [2.05, 4.69) is 10.2 Å². The minimum Gasteiger partial charge on any atom is -0.399 e. The SMILES string of the molecule is COP(=O)(Cc1ccc(C(=O)N(c2ccc(N)cc2)c2cc[nH]n2)cc1)c1ccccc1. The number of aromatic nitrogens is 2. The lowest BCUT2D eigenvalue weighted by Gasteiger charge is -2.21. The average molecular weight is 446 g/mol. The lowest BCUT2D eigenvalue weighted by atomic mass is 10.1. The lowest BCUT2D eigenvalue weighted by Crippen LogP contribution is -2.26. The van der Waals surface area contributed by atoms with Gasteiger partial charge in [0.05, 0.1) is 11.8 Å². The molecular formula is C24H23N4O3P. The highest BCUT2D eigenvalue weighted by atomic mass is 31.2. The van der Waals surface area contributed by atoms with Gasteiger partial charge in [0.1, 0.15) is 0 Å². The molecule has 0 saturated heterocycles. The van der Waals surface area contributed by atoms with Crippen LogP contribution in [0.25, 0.3) is 0 Å². The van der Waals surface area contributed by atoms with Crippen LogP contribution in [0.1, 0.15) is 15.9 Å². The molecule has 0 aliphatic heterocycles. The largest absolute Gasteiger partial charge is 0.399 e. The van der Waals surface area contributed by atoms with Gasteiger partial charge >= 0.3 is 0 Å². The van der Waals surface area contributed by atoms with Crippen LogP contribution in [0.2, 0.25) is 0 Å². The highest BCUT2D eigenvalue weighted by Crippen LogP contribution is 2.48. The van der Waals surface area contributed by atoms with Crippen molar-refractivity contribution in [2.75, 3.05) is 17.7 Å². The molecule has 32 heavy (non-hydrogen) atoms. The number of nitrogen functional groups attached to an aromatic ring is 1. The van der Waals surface area contributed by atoms with Crippen molar-refractivity contribution in [1.29, 1.82) is 0 Å². The van der Waals surface area contributed by atoms with Crippen LogP contribution in [-0.2, 0) is 15.3 Å². The maximum atomic E-state index is 13.4. The summed E-state index contributed by atoms with van der Waals surface area (Å²) in [5.41, 5.74) is 8.33. The maximum Gasteiger partial charge on any atom is 0.264 e. The molecule has 0 bridgehead atoms. The summed E-state index contributed by atoms with van der Waals surface area (Å²) < 4.78 is 18.7. The van der Waals surface area contributed by atoms with Crippen LogP contribution in [0.3, 0.4) is 0 Å². The predicted octanol–water partition coefficient (Wildman–Crippen LogP) is 4.72. The fraction of sp³-hybridized carbons (Fsp3) is 0.0833. The number of carbonyl (C=O) groups is 1. The molecule has 162 valence electrons. The summed E-state index contributed by atoms with van der Waals surface area (Å²) in [6.07, 6.45) is 1.89. The fourth-order valence-electron chi connectivity index (χ4n) is 3.39. The number of hydrogen-bond acceptors (Lipinski definition) is 5. The molecule has 7 nitrogen and oxygen atoms in total. The van der Waals surface area contributed by atoms with Gasteiger partial charge in [-0.05, 0) is 54.1 Å². The van der Waals surface area contributed by atoms with Gasteiger partial charge in [0.2, 0.25) is 7.37 Å². The van der Waals surface area contributed by atoms with E-state index in [1.165, 1.54) is 12.0 Å². The van der Waals surface area contributed by atoms with Crippen molar-refractivity contribution in [2.45, 2.75) is 6.16 Å². The van der Waals surface area contributed by atoms with Crippen molar-refractivity contribution in [3.63, 3.8) is 0 Å². The Bertz CT molecular complexity index is 1220. The highest BCUT2D eigenvalue weighted by Gasteiger charge is 2.26. The molecule has 3 N–H and O–H groups in total. The second-order valence-electron chi connectivity index (χ2n) is 7.21. The number of anilines is 3. The van der Waals surface area contributed by atoms with Crippen LogP contribution in [0, 0.1) is 0 Å². The van der Waals surface area contributed by atoms with Crippen LogP contribution in [0.5, 0.6) is 0 Å². The molecule has 0 aliphatic carbocycles. The summed E-state index contributed by atoms with van der Waals surface area (Å²) in [7, 11) is -1.59. The Hall–Kier alpha value is -3.67. The van der Waals surface area contributed by atoms with Gasteiger partial charge in [0.15, 0.2) is 5.82 Å². The van der Waals surface area contributed by atoms with Crippen molar-refractivity contribution in [2.24, 2.45) is 0 Å². The molecule has 0 aliphatic rings.